The van der Waals surface area contributed by atoms with Gasteiger partial charge in [-0.2, -0.15) is 0 Å². The molecule has 0 spiro atoms. The van der Waals surface area contributed by atoms with Crippen molar-refractivity contribution in [1.29, 1.82) is 0 Å². The van der Waals surface area contributed by atoms with E-state index < -0.39 is 0 Å². The molecular formula is C17H32N3+3. The van der Waals surface area contributed by atoms with Crippen molar-refractivity contribution in [1.82, 2.24) is 0 Å². The molecule has 2 N–H and O–H groups in total. The van der Waals surface area contributed by atoms with E-state index in [1.54, 1.807) is 21.2 Å². The molecule has 2 aliphatic heterocycles. The Balaban J connectivity index is 1.83. The maximum absolute atomic E-state index is 2.65. The van der Waals surface area contributed by atoms with Gasteiger partial charge in [-0.05, 0) is 5.41 Å². The first-order chi connectivity index (χ1) is 9.53. The standard InChI is InChI=1S/C17H30N3/c1-17(2)13-15(19-6-4-5-7-19)12-16(14-17)20-10-8-18(3)9-11-20/h12H,4-11,13-14H2,1-3H3/q+1/p+2. The minimum atomic E-state index is 0.450. The van der Waals surface area contributed by atoms with Gasteiger partial charge in [0, 0.05) is 25.7 Å². The highest BCUT2D eigenvalue weighted by Crippen LogP contribution is 2.32. The molecule has 0 aromatic heterocycles. The molecule has 2 heterocycles. The van der Waals surface area contributed by atoms with Gasteiger partial charge in [0.1, 0.15) is 45.0 Å². The van der Waals surface area contributed by atoms with Gasteiger partial charge in [0.05, 0.1) is 13.1 Å². The highest BCUT2D eigenvalue weighted by molar-refractivity contribution is 5.92. The van der Waals surface area contributed by atoms with Gasteiger partial charge in [0.15, 0.2) is 5.71 Å². The van der Waals surface area contributed by atoms with Crippen LogP contribution in [-0.4, -0.2) is 56.6 Å². The van der Waals surface area contributed by atoms with Crippen molar-refractivity contribution in [2.24, 2.45) is 5.41 Å². The lowest BCUT2D eigenvalue weighted by atomic mass is 9.78. The topological polar surface area (TPSA) is 11.9 Å². The van der Waals surface area contributed by atoms with Crippen LogP contribution in [0.3, 0.4) is 0 Å². The van der Waals surface area contributed by atoms with Crippen molar-refractivity contribution in [3.8, 4) is 0 Å². The van der Waals surface area contributed by atoms with Crippen molar-refractivity contribution in [3.05, 3.63) is 11.8 Å². The van der Waals surface area contributed by atoms with Crippen molar-refractivity contribution in [3.63, 3.8) is 0 Å². The van der Waals surface area contributed by atoms with E-state index in [1.807, 2.05) is 0 Å². The second-order valence-electron chi connectivity index (χ2n) is 7.93. The predicted molar refractivity (Wildman–Crippen MR) is 82.7 cm³/mol. The molecule has 0 amide bonds. The second-order valence-corrected chi connectivity index (χ2v) is 7.93. The number of allylic oxidation sites excluding steroid dienone is 2. The monoisotopic (exact) mass is 278 g/mol. The van der Waals surface area contributed by atoms with Crippen LogP contribution in [0.4, 0.5) is 0 Å². The molecule has 1 aliphatic carbocycles. The highest BCUT2D eigenvalue weighted by atomic mass is 15.3. The number of quaternary nitrogens is 2. The van der Waals surface area contributed by atoms with E-state index in [1.165, 1.54) is 65.0 Å². The molecule has 0 aromatic rings. The van der Waals surface area contributed by atoms with Crippen LogP contribution >= 0.6 is 0 Å². The lowest BCUT2D eigenvalue weighted by Crippen LogP contribution is -3.26. The molecule has 3 aliphatic rings. The quantitative estimate of drug-likeness (QED) is 0.592. The van der Waals surface area contributed by atoms with Crippen molar-refractivity contribution >= 4 is 5.71 Å². The Hall–Kier alpha value is -0.670. The number of nitrogens with one attached hydrogen (secondary N) is 2. The lowest BCUT2D eigenvalue weighted by molar-refractivity contribution is -0.986. The molecule has 0 radical (unpaired) electrons. The zero-order valence-electron chi connectivity index (χ0n) is 13.6. The molecule has 0 atom stereocenters. The van der Waals surface area contributed by atoms with E-state index in [9.17, 15) is 0 Å². The van der Waals surface area contributed by atoms with E-state index in [0.29, 0.717) is 5.41 Å². The van der Waals surface area contributed by atoms with E-state index in [2.05, 4.69) is 31.5 Å². The van der Waals surface area contributed by atoms with Gasteiger partial charge in [0.2, 0.25) is 0 Å². The fraction of sp³-hybridized carbons (Fsp3) is 0.824. The average Bonchev–Trinajstić information content (AvgIpc) is 2.91. The number of rotatable bonds is 1. The number of nitrogens with zero attached hydrogens (tertiary/aromatic N) is 1. The molecule has 0 saturated carbocycles. The number of hydrogen-bond acceptors (Lipinski definition) is 0. The zero-order valence-corrected chi connectivity index (χ0v) is 13.6. The van der Waals surface area contributed by atoms with Crippen LogP contribution in [0.25, 0.3) is 0 Å². The summed E-state index contributed by atoms with van der Waals surface area (Å²) in [7, 11) is 2.33. The van der Waals surface area contributed by atoms with Crippen molar-refractivity contribution in [2.75, 3.05) is 46.3 Å². The summed E-state index contributed by atoms with van der Waals surface area (Å²) in [6.45, 7) is 12.8. The average molecular weight is 278 g/mol. The molecule has 3 heteroatoms. The molecule has 20 heavy (non-hydrogen) atoms. The Bertz CT molecular complexity index is 418. The lowest BCUT2D eigenvalue weighted by Gasteiger charge is -2.34. The van der Waals surface area contributed by atoms with Crippen molar-refractivity contribution < 1.29 is 14.4 Å². The van der Waals surface area contributed by atoms with Gasteiger partial charge in [-0.1, -0.05) is 13.8 Å². The third-order valence-electron chi connectivity index (χ3n) is 5.34. The maximum Gasteiger partial charge on any atom is 0.182 e. The number of hydrogen-bond donors (Lipinski definition) is 2. The van der Waals surface area contributed by atoms with Crippen LogP contribution in [0.2, 0.25) is 0 Å². The number of likely N-dealkylation sites (N-methyl/N-ethyl adjacent to an activating group) is 1. The van der Waals surface area contributed by atoms with Crippen LogP contribution in [0, 0.1) is 5.41 Å². The summed E-state index contributed by atoms with van der Waals surface area (Å²) in [6.07, 6.45) is 7.91. The first-order valence-electron chi connectivity index (χ1n) is 8.51. The fourth-order valence-electron chi connectivity index (χ4n) is 4.11. The molecule has 0 bridgehead atoms. The normalized spacial score (nSPS) is 34.2. The summed E-state index contributed by atoms with van der Waals surface area (Å²) in [5, 5.41) is 0. The highest BCUT2D eigenvalue weighted by Gasteiger charge is 2.37. The van der Waals surface area contributed by atoms with E-state index in [-0.39, 0.29) is 0 Å². The Morgan fingerprint density at radius 1 is 1.00 bits per heavy atom. The summed E-state index contributed by atoms with van der Waals surface area (Å²) in [5.74, 6) is 0. The van der Waals surface area contributed by atoms with Crippen molar-refractivity contribution in [2.45, 2.75) is 39.5 Å². The molecular weight excluding hydrogens is 246 g/mol. The minimum Gasteiger partial charge on any atom is -0.328 e. The molecule has 3 nitrogen and oxygen atoms in total. The largest absolute Gasteiger partial charge is 0.328 e. The Kier molecular flexibility index (Phi) is 4.00. The first-order valence-corrected chi connectivity index (χ1v) is 8.51. The molecule has 3 rings (SSSR count). The van der Waals surface area contributed by atoms with Gasteiger partial charge >= 0.3 is 0 Å². The predicted octanol–water partition coefficient (Wildman–Crippen LogP) is -0.649. The molecule has 0 unspecified atom stereocenters. The summed E-state index contributed by atoms with van der Waals surface area (Å²) in [5.41, 5.74) is 3.77. The molecule has 112 valence electrons. The first kappa shape index (κ1) is 14.3. The Morgan fingerprint density at radius 2 is 1.65 bits per heavy atom. The zero-order chi connectivity index (χ0) is 14.2. The smallest absolute Gasteiger partial charge is 0.182 e. The minimum absolute atomic E-state index is 0.450. The van der Waals surface area contributed by atoms with Crippen LogP contribution in [0.15, 0.2) is 11.8 Å². The van der Waals surface area contributed by atoms with Crippen LogP contribution in [-0.2, 0) is 0 Å². The van der Waals surface area contributed by atoms with Gasteiger partial charge in [0.25, 0.3) is 0 Å². The van der Waals surface area contributed by atoms with E-state index in [0.717, 1.165) is 0 Å². The van der Waals surface area contributed by atoms with Gasteiger partial charge in [-0.15, -0.1) is 0 Å². The maximum atomic E-state index is 2.65. The molecule has 2 saturated heterocycles. The number of piperazine rings is 1. The fourth-order valence-corrected chi connectivity index (χ4v) is 4.11. The summed E-state index contributed by atoms with van der Waals surface area (Å²) < 4.78 is 2.65. The third-order valence-corrected chi connectivity index (χ3v) is 5.34. The summed E-state index contributed by atoms with van der Waals surface area (Å²) >= 11 is 0. The van der Waals surface area contributed by atoms with Gasteiger partial charge in [-0.3, -0.25) is 4.90 Å². The van der Waals surface area contributed by atoms with E-state index in [4.69, 9.17) is 0 Å². The van der Waals surface area contributed by atoms with Crippen LogP contribution < -0.4 is 9.80 Å². The van der Waals surface area contributed by atoms with Crippen LogP contribution in [0.5, 0.6) is 0 Å². The van der Waals surface area contributed by atoms with Gasteiger partial charge in [-0.25, -0.2) is 4.58 Å². The Labute approximate surface area is 123 Å². The van der Waals surface area contributed by atoms with E-state index >= 15 is 0 Å². The summed E-state index contributed by atoms with van der Waals surface area (Å²) in [6, 6.07) is 0. The molecule has 0 aromatic carbocycles. The van der Waals surface area contributed by atoms with Gasteiger partial charge < -0.3 is 4.90 Å². The Morgan fingerprint density at radius 3 is 2.30 bits per heavy atom. The van der Waals surface area contributed by atoms with Crippen LogP contribution in [0.1, 0.15) is 39.5 Å². The third kappa shape index (κ3) is 3.15. The SMILES string of the molecule is C[NH+]1CC[NH+](C2=CC(=[N+]3CCCC3)CC(C)(C)C2)CC1. The molecule has 2 fully saturated rings. The summed E-state index contributed by atoms with van der Waals surface area (Å²) in [4.78, 5) is 3.47. The second kappa shape index (κ2) is 5.61.